The Morgan fingerprint density at radius 3 is 2.37 bits per heavy atom. The first-order chi connectivity index (χ1) is 19.9. The second-order valence-corrected chi connectivity index (χ2v) is 13.8. The number of Topliss-reactive ketones (excluding diaryl/α,β-unsaturated/α-hetero) is 1. The molecule has 0 spiro atoms. The molecule has 1 aliphatic heterocycles. The molecule has 0 radical (unpaired) electrons. The van der Waals surface area contributed by atoms with Gasteiger partial charge >= 0.3 is 0 Å². The number of hydrogen-bond donors (Lipinski definition) is 1. The van der Waals surface area contributed by atoms with E-state index in [0.717, 1.165) is 18.5 Å². The van der Waals surface area contributed by atoms with Gasteiger partial charge in [-0.15, -0.1) is 11.3 Å². The second kappa shape index (κ2) is 12.0. The number of anilines is 1. The average molecular weight is 562 g/mol. The van der Waals surface area contributed by atoms with E-state index in [-0.39, 0.29) is 5.78 Å². The Labute approximate surface area is 249 Å². The number of fused-ring (bicyclic) bond motifs is 3. The van der Waals surface area contributed by atoms with E-state index in [4.69, 9.17) is 0 Å². The molecule has 6 rings (SSSR count). The number of ketones is 1. The Hall–Kier alpha value is -3.17. The highest BCUT2D eigenvalue weighted by Crippen LogP contribution is 2.46. The number of nitrogens with one attached hydrogen (secondary N) is 1. The van der Waals surface area contributed by atoms with Crippen molar-refractivity contribution >= 4 is 44.7 Å². The number of carbonyl (C=O) groups excluding carboxylic acids is 1. The minimum Gasteiger partial charge on any atom is -0.384 e. The highest BCUT2D eigenvalue weighted by atomic mass is 32.1. The summed E-state index contributed by atoms with van der Waals surface area (Å²) in [4.78, 5) is 15.0. The largest absolute Gasteiger partial charge is 0.384 e. The van der Waals surface area contributed by atoms with Crippen LogP contribution >= 0.6 is 11.3 Å². The minimum atomic E-state index is 0.141. The fourth-order valence-corrected chi connectivity index (χ4v) is 8.24. The monoisotopic (exact) mass is 561 g/mol. The van der Waals surface area contributed by atoms with E-state index in [2.05, 4.69) is 80.7 Å². The zero-order chi connectivity index (χ0) is 28.5. The van der Waals surface area contributed by atoms with Gasteiger partial charge in [0.25, 0.3) is 0 Å². The zero-order valence-electron chi connectivity index (χ0n) is 25.2. The molecule has 1 aliphatic carbocycles. The van der Waals surface area contributed by atoms with Gasteiger partial charge in [0.15, 0.2) is 5.78 Å². The molecule has 3 heteroatoms. The van der Waals surface area contributed by atoms with Crippen LogP contribution < -0.4 is 5.32 Å². The van der Waals surface area contributed by atoms with Crippen molar-refractivity contribution < 1.29 is 4.79 Å². The van der Waals surface area contributed by atoms with Crippen LogP contribution in [-0.4, -0.2) is 12.3 Å². The Bertz CT molecular complexity index is 1630. The quantitative estimate of drug-likeness (QED) is 0.251. The molecule has 3 aromatic carbocycles. The average Bonchev–Trinajstić information content (AvgIpc) is 3.36. The first-order valence-corrected chi connectivity index (χ1v) is 16.5. The number of rotatable bonds is 4. The molecular formula is C38H43NOS. The van der Waals surface area contributed by atoms with Crippen LogP contribution in [0.5, 0.6) is 0 Å². The number of thiophene rings is 1. The molecular weight excluding hydrogens is 518 g/mol. The Kier molecular flexibility index (Phi) is 8.17. The van der Waals surface area contributed by atoms with Crippen molar-refractivity contribution in [2.75, 3.05) is 11.9 Å². The van der Waals surface area contributed by atoms with Gasteiger partial charge < -0.3 is 5.32 Å². The van der Waals surface area contributed by atoms with Crippen LogP contribution in [0.25, 0.3) is 33.0 Å². The third-order valence-electron chi connectivity index (χ3n) is 9.36. The Morgan fingerprint density at radius 2 is 1.63 bits per heavy atom. The summed E-state index contributed by atoms with van der Waals surface area (Å²) >= 11 is 1.88. The van der Waals surface area contributed by atoms with Crippen molar-refractivity contribution in [1.29, 1.82) is 0 Å². The van der Waals surface area contributed by atoms with Crippen LogP contribution in [0.15, 0.2) is 54.6 Å². The summed E-state index contributed by atoms with van der Waals surface area (Å²) in [6.07, 6.45) is 11.2. The van der Waals surface area contributed by atoms with Crippen LogP contribution in [0.3, 0.4) is 0 Å². The molecule has 2 heterocycles. The van der Waals surface area contributed by atoms with Crippen molar-refractivity contribution in [2.45, 2.75) is 85.5 Å². The van der Waals surface area contributed by atoms with E-state index in [0.29, 0.717) is 5.92 Å². The van der Waals surface area contributed by atoms with Gasteiger partial charge in [-0.3, -0.25) is 4.79 Å². The molecule has 1 aromatic heterocycles. The molecule has 0 atom stereocenters. The first kappa shape index (κ1) is 28.0. The summed E-state index contributed by atoms with van der Waals surface area (Å²) in [7, 11) is 0. The van der Waals surface area contributed by atoms with Gasteiger partial charge in [-0.1, -0.05) is 62.1 Å². The molecule has 4 aromatic rings. The van der Waals surface area contributed by atoms with Crippen LogP contribution in [-0.2, 0) is 0 Å². The molecule has 0 unspecified atom stereocenters. The van der Waals surface area contributed by atoms with Gasteiger partial charge in [0.05, 0.1) is 0 Å². The number of benzene rings is 3. The molecule has 0 bridgehead atoms. The number of allylic oxidation sites excluding steroid dienone is 2. The summed E-state index contributed by atoms with van der Waals surface area (Å²) in [5.74, 6) is 0.708. The maximum atomic E-state index is 12.2. The molecule has 1 saturated carbocycles. The van der Waals surface area contributed by atoms with Crippen LogP contribution in [0, 0.1) is 26.7 Å². The minimum absolute atomic E-state index is 0.141. The predicted molar refractivity (Wildman–Crippen MR) is 178 cm³/mol. The standard InChI is InChI=1S/C38H43NOS/c1-24-21-29(26(3)40)14-17-32(24)37(28-11-7-5-8-12-28)34-13-9-6-10-20-39-38-33-18-15-31(23-30(33)16-19-35(34)38)36-22-25(2)41-27(36)4/h14-19,21-23,28,39H,5-13,20H2,1-4H3/b37-34+. The van der Waals surface area contributed by atoms with Crippen molar-refractivity contribution in [3.05, 3.63) is 86.6 Å². The lowest BCUT2D eigenvalue weighted by Gasteiger charge is -2.30. The van der Waals surface area contributed by atoms with Gasteiger partial charge in [-0.05, 0) is 123 Å². The van der Waals surface area contributed by atoms with E-state index < -0.39 is 0 Å². The topological polar surface area (TPSA) is 29.1 Å². The maximum Gasteiger partial charge on any atom is 0.159 e. The van der Waals surface area contributed by atoms with Crippen molar-refractivity contribution in [3.63, 3.8) is 0 Å². The normalized spacial score (nSPS) is 17.8. The lowest BCUT2D eigenvalue weighted by Crippen LogP contribution is -2.12. The van der Waals surface area contributed by atoms with E-state index in [1.807, 2.05) is 11.3 Å². The van der Waals surface area contributed by atoms with Gasteiger partial charge in [-0.2, -0.15) is 0 Å². The maximum absolute atomic E-state index is 12.2. The lowest BCUT2D eigenvalue weighted by atomic mass is 9.75. The Balaban J connectivity index is 1.57. The Morgan fingerprint density at radius 1 is 0.829 bits per heavy atom. The summed E-state index contributed by atoms with van der Waals surface area (Å²) in [5.41, 5.74) is 11.8. The van der Waals surface area contributed by atoms with E-state index >= 15 is 0 Å². The van der Waals surface area contributed by atoms with Crippen molar-refractivity contribution in [1.82, 2.24) is 0 Å². The van der Waals surface area contributed by atoms with Gasteiger partial charge in [-0.25, -0.2) is 0 Å². The molecule has 0 amide bonds. The van der Waals surface area contributed by atoms with Gasteiger partial charge in [0.1, 0.15) is 0 Å². The van der Waals surface area contributed by atoms with Gasteiger partial charge in [0, 0.05) is 38.5 Å². The molecule has 1 N–H and O–H groups in total. The van der Waals surface area contributed by atoms with Gasteiger partial charge in [0.2, 0.25) is 0 Å². The molecule has 1 fully saturated rings. The third kappa shape index (κ3) is 5.66. The van der Waals surface area contributed by atoms with Crippen LogP contribution in [0.2, 0.25) is 0 Å². The number of hydrogen-bond acceptors (Lipinski definition) is 3. The highest BCUT2D eigenvalue weighted by molar-refractivity contribution is 7.12. The summed E-state index contributed by atoms with van der Waals surface area (Å²) in [6, 6.07) is 20.6. The smallest absolute Gasteiger partial charge is 0.159 e. The fraction of sp³-hybridized carbons (Fsp3) is 0.395. The first-order valence-electron chi connectivity index (χ1n) is 15.6. The summed E-state index contributed by atoms with van der Waals surface area (Å²) in [6.45, 7) is 9.32. The number of aryl methyl sites for hydroxylation is 3. The molecule has 41 heavy (non-hydrogen) atoms. The molecule has 2 aliphatic rings. The van der Waals surface area contributed by atoms with E-state index in [9.17, 15) is 4.79 Å². The highest BCUT2D eigenvalue weighted by Gasteiger charge is 2.26. The third-order valence-corrected chi connectivity index (χ3v) is 10.3. The predicted octanol–water partition coefficient (Wildman–Crippen LogP) is 11.2. The molecule has 212 valence electrons. The summed E-state index contributed by atoms with van der Waals surface area (Å²) in [5, 5.41) is 6.55. The van der Waals surface area contributed by atoms with Crippen LogP contribution in [0.1, 0.15) is 102 Å². The van der Waals surface area contributed by atoms with E-state index in [1.54, 1.807) is 12.5 Å². The SMILES string of the molecule is CC(=O)c1ccc(/C(=C2\CCCCCNc3c2ccc2cc(-c4cc(C)sc4C)ccc32)C2CCCCC2)c(C)c1. The second-order valence-electron chi connectivity index (χ2n) is 12.3. The molecule has 0 saturated heterocycles. The van der Waals surface area contributed by atoms with Crippen LogP contribution in [0.4, 0.5) is 5.69 Å². The zero-order valence-corrected chi connectivity index (χ0v) is 26.0. The van der Waals surface area contributed by atoms with Crippen molar-refractivity contribution in [2.24, 2.45) is 5.92 Å². The van der Waals surface area contributed by atoms with Crippen molar-refractivity contribution in [3.8, 4) is 11.1 Å². The fourth-order valence-electron chi connectivity index (χ4n) is 7.29. The van der Waals surface area contributed by atoms with E-state index in [1.165, 1.54) is 111 Å². The summed E-state index contributed by atoms with van der Waals surface area (Å²) < 4.78 is 0. The molecule has 2 nitrogen and oxygen atoms in total. The lowest BCUT2D eigenvalue weighted by molar-refractivity contribution is 0.101. The number of carbonyl (C=O) groups is 1.